The number of benzene rings is 1. The summed E-state index contributed by atoms with van der Waals surface area (Å²) in [6.45, 7) is 3.07. The first-order valence-electron chi connectivity index (χ1n) is 7.19. The second-order valence-electron chi connectivity index (χ2n) is 5.37. The van der Waals surface area contributed by atoms with Crippen LogP contribution in [0.4, 0.5) is 0 Å². The standard InChI is InChI=1S/C16H17N3O3S/c1-10-6-17-16(21)18-15(10)23-9-14(20)19-7-11-3-4-13(22-2)5-12(11)8-19/h3-6H,7-9H2,1-2H3,(H,17,18,21). The van der Waals surface area contributed by atoms with E-state index in [-0.39, 0.29) is 11.7 Å². The van der Waals surface area contributed by atoms with Gasteiger partial charge in [-0.25, -0.2) is 9.78 Å². The first-order valence-corrected chi connectivity index (χ1v) is 8.17. The van der Waals surface area contributed by atoms with Gasteiger partial charge >= 0.3 is 5.69 Å². The van der Waals surface area contributed by atoms with Gasteiger partial charge in [0, 0.05) is 19.3 Å². The van der Waals surface area contributed by atoms with E-state index in [1.165, 1.54) is 18.0 Å². The molecule has 3 rings (SSSR count). The number of aryl methyl sites for hydroxylation is 1. The van der Waals surface area contributed by atoms with Crippen molar-refractivity contribution < 1.29 is 9.53 Å². The molecular formula is C16H17N3O3S. The highest BCUT2D eigenvalue weighted by Crippen LogP contribution is 2.27. The van der Waals surface area contributed by atoms with E-state index in [1.54, 1.807) is 7.11 Å². The Balaban J connectivity index is 1.64. The molecule has 0 saturated heterocycles. The predicted molar refractivity (Wildman–Crippen MR) is 87.6 cm³/mol. The van der Waals surface area contributed by atoms with Crippen LogP contribution in [0.25, 0.3) is 0 Å². The van der Waals surface area contributed by atoms with Gasteiger partial charge in [-0.1, -0.05) is 17.8 Å². The van der Waals surface area contributed by atoms with Gasteiger partial charge < -0.3 is 14.6 Å². The number of amides is 1. The largest absolute Gasteiger partial charge is 0.497 e. The number of fused-ring (bicyclic) bond motifs is 1. The van der Waals surface area contributed by atoms with Crippen LogP contribution in [0, 0.1) is 6.92 Å². The second-order valence-corrected chi connectivity index (χ2v) is 6.36. The van der Waals surface area contributed by atoms with Crippen molar-refractivity contribution in [1.82, 2.24) is 14.9 Å². The highest BCUT2D eigenvalue weighted by molar-refractivity contribution is 7.99. The van der Waals surface area contributed by atoms with Crippen molar-refractivity contribution in [1.29, 1.82) is 0 Å². The van der Waals surface area contributed by atoms with Gasteiger partial charge in [-0.2, -0.15) is 0 Å². The van der Waals surface area contributed by atoms with Gasteiger partial charge in [0.25, 0.3) is 0 Å². The SMILES string of the molecule is COc1ccc2c(c1)CN(C(=O)CSc1[nH]c(=O)ncc1C)C2. The lowest BCUT2D eigenvalue weighted by Gasteiger charge is -2.15. The molecule has 0 saturated carbocycles. The van der Waals surface area contributed by atoms with Crippen LogP contribution in [0.5, 0.6) is 5.75 Å². The Morgan fingerprint density at radius 3 is 2.96 bits per heavy atom. The molecule has 7 heteroatoms. The predicted octanol–water partition coefficient (Wildman–Crippen LogP) is 1.72. The third-order valence-corrected chi connectivity index (χ3v) is 4.89. The molecule has 0 aliphatic carbocycles. The van der Waals surface area contributed by atoms with Crippen LogP contribution in [-0.2, 0) is 17.9 Å². The van der Waals surface area contributed by atoms with Crippen LogP contribution < -0.4 is 10.4 Å². The number of H-pyrrole nitrogens is 1. The van der Waals surface area contributed by atoms with Crippen molar-refractivity contribution >= 4 is 17.7 Å². The number of nitrogens with zero attached hydrogens (tertiary/aromatic N) is 2. The van der Waals surface area contributed by atoms with E-state index >= 15 is 0 Å². The van der Waals surface area contributed by atoms with E-state index in [2.05, 4.69) is 9.97 Å². The summed E-state index contributed by atoms with van der Waals surface area (Å²) < 4.78 is 5.22. The topological polar surface area (TPSA) is 75.3 Å². The maximum absolute atomic E-state index is 12.4. The minimum Gasteiger partial charge on any atom is -0.497 e. The summed E-state index contributed by atoms with van der Waals surface area (Å²) in [4.78, 5) is 31.8. The number of hydrogen-bond acceptors (Lipinski definition) is 5. The molecule has 2 aromatic rings. The summed E-state index contributed by atoms with van der Waals surface area (Å²) in [5, 5.41) is 0.691. The van der Waals surface area contributed by atoms with Gasteiger partial charge in [-0.15, -0.1) is 0 Å². The summed E-state index contributed by atoms with van der Waals surface area (Å²) in [6.07, 6.45) is 1.52. The van der Waals surface area contributed by atoms with Crippen molar-refractivity contribution in [3.63, 3.8) is 0 Å². The summed E-state index contributed by atoms with van der Waals surface area (Å²) in [5.74, 6) is 1.13. The average Bonchev–Trinajstić information content (AvgIpc) is 2.98. The molecule has 0 fully saturated rings. The van der Waals surface area contributed by atoms with Crippen molar-refractivity contribution in [2.75, 3.05) is 12.9 Å². The smallest absolute Gasteiger partial charge is 0.345 e. The van der Waals surface area contributed by atoms with Crippen LogP contribution in [-0.4, -0.2) is 33.6 Å². The lowest BCUT2D eigenvalue weighted by atomic mass is 10.1. The molecule has 0 radical (unpaired) electrons. The Morgan fingerprint density at radius 2 is 2.17 bits per heavy atom. The Bertz CT molecular complexity index is 803. The molecule has 0 unspecified atom stereocenters. The molecule has 120 valence electrons. The van der Waals surface area contributed by atoms with Crippen LogP contribution in [0.3, 0.4) is 0 Å². The van der Waals surface area contributed by atoms with Crippen LogP contribution >= 0.6 is 11.8 Å². The maximum Gasteiger partial charge on any atom is 0.345 e. The van der Waals surface area contributed by atoms with Crippen LogP contribution in [0.1, 0.15) is 16.7 Å². The van der Waals surface area contributed by atoms with Gasteiger partial charge in [0.2, 0.25) is 5.91 Å². The van der Waals surface area contributed by atoms with E-state index in [0.29, 0.717) is 18.1 Å². The zero-order chi connectivity index (χ0) is 16.4. The molecule has 6 nitrogen and oxygen atoms in total. The molecule has 23 heavy (non-hydrogen) atoms. The average molecular weight is 331 g/mol. The lowest BCUT2D eigenvalue weighted by molar-refractivity contribution is -0.128. The van der Waals surface area contributed by atoms with E-state index in [4.69, 9.17) is 4.74 Å². The molecular weight excluding hydrogens is 314 g/mol. The number of carbonyl (C=O) groups excluding carboxylic acids is 1. The summed E-state index contributed by atoms with van der Waals surface area (Å²) in [6, 6.07) is 5.88. The normalized spacial score (nSPS) is 13.0. The molecule has 0 bridgehead atoms. The molecule has 1 aromatic carbocycles. The van der Waals surface area contributed by atoms with Crippen molar-refractivity contribution in [2.24, 2.45) is 0 Å². The minimum atomic E-state index is -0.397. The molecule has 1 aromatic heterocycles. The fraction of sp³-hybridized carbons (Fsp3) is 0.312. The fourth-order valence-corrected chi connectivity index (χ4v) is 3.38. The number of aromatic nitrogens is 2. The fourth-order valence-electron chi connectivity index (χ4n) is 2.49. The molecule has 1 aliphatic rings. The van der Waals surface area contributed by atoms with Gasteiger partial charge in [-0.3, -0.25) is 4.79 Å². The molecule has 2 heterocycles. The van der Waals surface area contributed by atoms with Crippen LogP contribution in [0.2, 0.25) is 0 Å². The zero-order valence-electron chi connectivity index (χ0n) is 13.0. The van der Waals surface area contributed by atoms with E-state index in [1.807, 2.05) is 30.0 Å². The number of rotatable bonds is 4. The summed E-state index contributed by atoms with van der Waals surface area (Å²) in [5.41, 5.74) is 2.73. The van der Waals surface area contributed by atoms with Crippen molar-refractivity contribution in [3.8, 4) is 5.75 Å². The lowest BCUT2D eigenvalue weighted by Crippen LogP contribution is -2.27. The van der Waals surface area contributed by atoms with Crippen molar-refractivity contribution in [2.45, 2.75) is 25.0 Å². The van der Waals surface area contributed by atoms with Gasteiger partial charge in [-0.05, 0) is 35.7 Å². The third-order valence-electron chi connectivity index (χ3n) is 3.78. The minimum absolute atomic E-state index is 0.0437. The van der Waals surface area contributed by atoms with Gasteiger partial charge in [0.05, 0.1) is 17.9 Å². The first-order chi connectivity index (χ1) is 11.1. The number of thioether (sulfide) groups is 1. The molecule has 1 aliphatic heterocycles. The Hall–Kier alpha value is -2.28. The monoisotopic (exact) mass is 331 g/mol. The molecule has 1 amide bonds. The number of nitrogens with one attached hydrogen (secondary N) is 1. The van der Waals surface area contributed by atoms with E-state index in [0.717, 1.165) is 22.4 Å². The number of ether oxygens (including phenoxy) is 1. The number of aromatic amines is 1. The quantitative estimate of drug-likeness (QED) is 0.682. The van der Waals surface area contributed by atoms with E-state index in [9.17, 15) is 9.59 Å². The van der Waals surface area contributed by atoms with E-state index < -0.39 is 5.69 Å². The molecule has 0 spiro atoms. The Morgan fingerprint density at radius 1 is 1.39 bits per heavy atom. The Labute approximate surface area is 137 Å². The zero-order valence-corrected chi connectivity index (χ0v) is 13.8. The Kier molecular flexibility index (Phi) is 4.38. The van der Waals surface area contributed by atoms with Gasteiger partial charge in [0.1, 0.15) is 5.75 Å². The van der Waals surface area contributed by atoms with Crippen LogP contribution in [0.15, 0.2) is 34.2 Å². The number of carbonyl (C=O) groups is 1. The molecule has 0 atom stereocenters. The van der Waals surface area contributed by atoms with Crippen molar-refractivity contribution in [3.05, 3.63) is 51.6 Å². The summed E-state index contributed by atoms with van der Waals surface area (Å²) in [7, 11) is 1.63. The highest BCUT2D eigenvalue weighted by Gasteiger charge is 2.23. The second kappa shape index (κ2) is 6.45. The number of hydrogen-bond donors (Lipinski definition) is 1. The first kappa shape index (κ1) is 15.6. The highest BCUT2D eigenvalue weighted by atomic mass is 32.2. The number of methoxy groups -OCH3 is 1. The summed E-state index contributed by atoms with van der Waals surface area (Å²) >= 11 is 1.33. The van der Waals surface area contributed by atoms with Gasteiger partial charge in [0.15, 0.2) is 0 Å². The third kappa shape index (κ3) is 3.39. The maximum atomic E-state index is 12.4. The molecule has 1 N–H and O–H groups in total.